The summed E-state index contributed by atoms with van der Waals surface area (Å²) in [4.78, 5) is 0.506. The highest BCUT2D eigenvalue weighted by Crippen LogP contribution is 2.42. The van der Waals surface area contributed by atoms with Crippen molar-refractivity contribution in [3.05, 3.63) is 218 Å². The Balaban J connectivity index is 1.31. The van der Waals surface area contributed by atoms with E-state index in [1.165, 1.54) is 0 Å². The van der Waals surface area contributed by atoms with E-state index in [1.807, 2.05) is 66.7 Å². The molecule has 0 saturated heterocycles. The largest absolute Gasteiger partial charge is 0.310 e. The van der Waals surface area contributed by atoms with Crippen LogP contribution in [0, 0.1) is 0 Å². The molecule has 0 aliphatic rings. The van der Waals surface area contributed by atoms with E-state index in [0.29, 0.717) is 10.3 Å². The molecular weight excluding hydrogens is 653 g/mol. The van der Waals surface area contributed by atoms with E-state index in [-0.39, 0.29) is 11.1 Å². The van der Waals surface area contributed by atoms with Crippen molar-refractivity contribution < 1.29 is 30.2 Å². The van der Waals surface area contributed by atoms with Crippen LogP contribution in [-0.2, 0) is 0 Å². The Morgan fingerprint density at radius 3 is 1.69 bits per heavy atom. The van der Waals surface area contributed by atoms with Gasteiger partial charge in [-0.15, -0.1) is 0 Å². The first-order valence-corrected chi connectivity index (χ1v) is 16.7. The molecule has 0 aliphatic carbocycles. The van der Waals surface area contributed by atoms with Gasteiger partial charge in [-0.2, -0.15) is 0 Å². The van der Waals surface area contributed by atoms with Crippen LogP contribution in [0.2, 0.25) is 0 Å². The normalized spacial score (nSPS) is 17.0. The molecule has 1 heterocycles. The van der Waals surface area contributed by atoms with Gasteiger partial charge in [-0.3, -0.25) is 0 Å². The zero-order valence-electron chi connectivity index (χ0n) is 50.0. The number of hydrogen-bond donors (Lipinski definition) is 0. The van der Waals surface area contributed by atoms with Crippen molar-refractivity contribution in [2.75, 3.05) is 4.90 Å². The minimum Gasteiger partial charge on any atom is -0.310 e. The lowest BCUT2D eigenvalue weighted by atomic mass is 10.00. The molecule has 0 atom stereocenters. The molecule has 0 aliphatic heterocycles. The fourth-order valence-electron chi connectivity index (χ4n) is 6.64. The minimum atomic E-state index is -1.14. The maximum atomic E-state index is 9.75. The van der Waals surface area contributed by atoms with E-state index in [4.69, 9.17) is 16.4 Å². The zero-order valence-corrected chi connectivity index (χ0v) is 28.0. The summed E-state index contributed by atoms with van der Waals surface area (Å²) < 4.78 is 200. The Kier molecular flexibility index (Phi) is 4.04. The maximum absolute atomic E-state index is 9.75. The number of anilines is 3. The molecule has 10 aromatic rings. The van der Waals surface area contributed by atoms with Gasteiger partial charge < -0.3 is 9.47 Å². The SMILES string of the molecule is [2H]c1c([2H])c([2H])c(-c2c([2H])c([2H])c(N(c3c([2H])c([2H])c(-c4ccc5c(c4)c4ccccc4n5-c4cccc5ccccc45)c([2H])c3[2H])c3c([2H])c([2H])c([2H])c([2H])c3-c3c([2H])c([2H])c([2H])c([2H])c3[2H])c([2H])c2[2H])c([2H])c1[2H]. The molecule has 2 nitrogen and oxygen atoms in total. The fourth-order valence-corrected chi connectivity index (χ4v) is 6.64. The summed E-state index contributed by atoms with van der Waals surface area (Å²) in [5.41, 5.74) is -3.85. The van der Waals surface area contributed by atoms with Crippen LogP contribution in [-0.4, -0.2) is 4.57 Å². The average molecular weight is 711 g/mol. The predicted molar refractivity (Wildman–Crippen MR) is 229 cm³/mol. The van der Waals surface area contributed by atoms with Gasteiger partial charge in [0.25, 0.3) is 0 Å². The minimum absolute atomic E-state index is 0.192. The predicted octanol–water partition coefficient (Wildman–Crippen LogP) is 14.4. The van der Waals surface area contributed by atoms with Gasteiger partial charge in [0.05, 0.1) is 52.6 Å². The van der Waals surface area contributed by atoms with Crippen LogP contribution in [0.25, 0.3) is 71.6 Å². The highest BCUT2D eigenvalue weighted by atomic mass is 15.1. The Morgan fingerprint density at radius 2 is 0.944 bits per heavy atom. The molecule has 0 amide bonds. The summed E-state index contributed by atoms with van der Waals surface area (Å²) in [5.74, 6) is 0. The third kappa shape index (κ3) is 5.53. The molecule has 254 valence electrons. The lowest BCUT2D eigenvalue weighted by molar-refractivity contribution is 1.20. The molecule has 0 unspecified atom stereocenters. The Bertz CT molecular complexity index is 4100. The Hall–Kier alpha value is -7.16. The fraction of sp³-hybridized carbons (Fsp3) is 0. The average Bonchev–Trinajstić information content (AvgIpc) is 3.81. The molecule has 1 aromatic heterocycles. The van der Waals surface area contributed by atoms with E-state index < -0.39 is 172 Å². The molecule has 0 saturated carbocycles. The summed E-state index contributed by atoms with van der Waals surface area (Å²) in [7, 11) is 0. The van der Waals surface area contributed by atoms with Crippen LogP contribution in [0.5, 0.6) is 0 Å². The van der Waals surface area contributed by atoms with E-state index >= 15 is 0 Å². The van der Waals surface area contributed by atoms with Gasteiger partial charge in [0.15, 0.2) is 0 Å². The summed E-state index contributed by atoms with van der Waals surface area (Å²) in [6.45, 7) is 0. The van der Waals surface area contributed by atoms with E-state index in [0.717, 1.165) is 32.9 Å². The summed E-state index contributed by atoms with van der Waals surface area (Å²) in [6.07, 6.45) is 0. The molecule has 9 aromatic carbocycles. The van der Waals surface area contributed by atoms with Gasteiger partial charge in [0, 0.05) is 33.1 Å². The maximum Gasteiger partial charge on any atom is 0.0645 e. The van der Waals surface area contributed by atoms with Gasteiger partial charge in [-0.25, -0.2) is 0 Å². The number of para-hydroxylation sites is 2. The second kappa shape index (κ2) is 13.4. The van der Waals surface area contributed by atoms with Crippen LogP contribution < -0.4 is 4.90 Å². The standard InChI is InChI=1S/C52H36N2/c1-3-14-37(15-4-1)38-26-31-43(32-27-38)53(49-23-11-9-21-45(49)40-16-5-2-6-17-40)44-33-28-39(29-34-44)42-30-35-52-48(36-42)47-22-10-12-24-51(47)54(52)50-25-13-19-41-18-7-8-20-46(41)50/h1-36H/i1D,2D,3D,4D,5D,6D,9D,11D,14D,15D,16D,17D,21D,23D,26D,27D,28D,29D,31D,32D,33D,34D. The number of benzene rings is 9. The highest BCUT2D eigenvalue weighted by molar-refractivity contribution is 6.11. The third-order valence-corrected chi connectivity index (χ3v) is 9.03. The molecule has 0 radical (unpaired) electrons. The molecule has 0 N–H and O–H groups in total. The summed E-state index contributed by atoms with van der Waals surface area (Å²) in [5, 5.41) is 3.39. The van der Waals surface area contributed by atoms with Crippen molar-refractivity contribution in [2.24, 2.45) is 0 Å². The molecular formula is C52H36N2. The Morgan fingerprint density at radius 1 is 0.389 bits per heavy atom. The number of aromatic nitrogens is 1. The smallest absolute Gasteiger partial charge is 0.0645 e. The second-order valence-electron chi connectivity index (χ2n) is 12.1. The molecule has 2 heteroatoms. The van der Waals surface area contributed by atoms with Crippen LogP contribution >= 0.6 is 0 Å². The van der Waals surface area contributed by atoms with Crippen molar-refractivity contribution in [3.63, 3.8) is 0 Å². The first-order chi connectivity index (χ1) is 36.0. The first kappa shape index (κ1) is 16.2. The van der Waals surface area contributed by atoms with Crippen molar-refractivity contribution in [3.8, 4) is 39.1 Å². The van der Waals surface area contributed by atoms with E-state index in [1.54, 1.807) is 18.2 Å². The van der Waals surface area contributed by atoms with Crippen LogP contribution in [0.1, 0.15) is 30.2 Å². The number of fused-ring (bicyclic) bond motifs is 4. The molecule has 0 fully saturated rings. The monoisotopic (exact) mass is 710 g/mol. The van der Waals surface area contributed by atoms with Gasteiger partial charge in [-0.1, -0.05) is 163 Å². The van der Waals surface area contributed by atoms with Crippen molar-refractivity contribution in [1.29, 1.82) is 0 Å². The number of rotatable bonds is 7. The van der Waals surface area contributed by atoms with Crippen molar-refractivity contribution in [1.82, 2.24) is 4.57 Å². The van der Waals surface area contributed by atoms with Gasteiger partial charge >= 0.3 is 0 Å². The molecule has 0 bridgehead atoms. The summed E-state index contributed by atoms with van der Waals surface area (Å²) >= 11 is 0. The highest BCUT2D eigenvalue weighted by Gasteiger charge is 2.19. The van der Waals surface area contributed by atoms with Gasteiger partial charge in [0.1, 0.15) is 0 Å². The van der Waals surface area contributed by atoms with Gasteiger partial charge in [0.2, 0.25) is 0 Å². The number of hydrogen-bond acceptors (Lipinski definition) is 1. The quantitative estimate of drug-likeness (QED) is 0.160. The first-order valence-electron chi connectivity index (χ1n) is 27.7. The van der Waals surface area contributed by atoms with E-state index in [9.17, 15) is 13.7 Å². The molecule has 0 spiro atoms. The van der Waals surface area contributed by atoms with Crippen LogP contribution in [0.15, 0.2) is 218 Å². The van der Waals surface area contributed by atoms with E-state index in [2.05, 4.69) is 4.57 Å². The number of nitrogens with zero attached hydrogens (tertiary/aromatic N) is 2. The van der Waals surface area contributed by atoms with Crippen molar-refractivity contribution in [2.45, 2.75) is 0 Å². The molecule has 10 rings (SSSR count). The second-order valence-corrected chi connectivity index (χ2v) is 12.1. The Labute approximate surface area is 346 Å². The van der Waals surface area contributed by atoms with Crippen LogP contribution in [0.3, 0.4) is 0 Å². The summed E-state index contributed by atoms with van der Waals surface area (Å²) in [6, 6.07) is 5.24. The lowest BCUT2D eigenvalue weighted by Crippen LogP contribution is -2.11. The van der Waals surface area contributed by atoms with Crippen LogP contribution in [0.4, 0.5) is 17.1 Å². The topological polar surface area (TPSA) is 8.17 Å². The zero-order chi connectivity index (χ0) is 55.0. The van der Waals surface area contributed by atoms with Gasteiger partial charge in [-0.05, 0) is 87.7 Å². The molecule has 54 heavy (non-hydrogen) atoms. The van der Waals surface area contributed by atoms with Crippen molar-refractivity contribution >= 4 is 49.6 Å². The third-order valence-electron chi connectivity index (χ3n) is 9.03. The lowest BCUT2D eigenvalue weighted by Gasteiger charge is -2.28.